The van der Waals surface area contributed by atoms with Crippen LogP contribution in [0, 0.1) is 11.3 Å². The maximum Gasteiger partial charge on any atom is 0.387 e. The van der Waals surface area contributed by atoms with E-state index in [-0.39, 0.29) is 23.4 Å². The van der Waals surface area contributed by atoms with Gasteiger partial charge >= 0.3 is 19.2 Å². The lowest BCUT2D eigenvalue weighted by Crippen LogP contribution is -2.24. The van der Waals surface area contributed by atoms with Crippen molar-refractivity contribution in [2.45, 2.75) is 24.5 Å². The largest absolute Gasteiger partial charge is 0.454 e. The molecule has 0 aliphatic heterocycles. The van der Waals surface area contributed by atoms with E-state index in [0.717, 1.165) is 36.4 Å². The van der Waals surface area contributed by atoms with Crippen LogP contribution in [0.5, 0.6) is 11.5 Å². The number of Topliss-reactive ketones (excluding diaryl/α,β-unsaturated/α-hetero) is 1. The minimum atomic E-state index is -3.90. The van der Waals surface area contributed by atoms with Crippen LogP contribution in [0.4, 0.5) is 17.6 Å². The number of hydrogen-bond acceptors (Lipinski definition) is 8. The third-order valence-electron chi connectivity index (χ3n) is 3.96. The lowest BCUT2D eigenvalue weighted by Gasteiger charge is -2.12. The zero-order valence-corrected chi connectivity index (χ0v) is 17.9. The van der Waals surface area contributed by atoms with Gasteiger partial charge in [0.05, 0.1) is 22.1 Å². The number of ketones is 1. The molecule has 0 saturated heterocycles. The van der Waals surface area contributed by atoms with Gasteiger partial charge in [-0.3, -0.25) is 4.79 Å². The monoisotopic (exact) mass is 504 g/mol. The molecule has 9 nitrogen and oxygen atoms in total. The molecule has 0 saturated carbocycles. The van der Waals surface area contributed by atoms with Gasteiger partial charge in [0.15, 0.2) is 6.61 Å². The topological polar surface area (TPSA) is 132 Å². The average Bonchev–Trinajstić information content (AvgIpc) is 2.77. The second kappa shape index (κ2) is 12.0. The molecule has 2 aromatic rings. The zero-order chi connectivity index (χ0) is 25.3. The molecule has 0 fully saturated rings. The normalized spacial score (nSPS) is 11.2. The third-order valence-corrected chi connectivity index (χ3v) is 5.44. The van der Waals surface area contributed by atoms with Gasteiger partial charge in [-0.25, -0.2) is 17.9 Å². The Bertz CT molecular complexity index is 1170. The predicted octanol–water partition coefficient (Wildman–Crippen LogP) is 3.12. The van der Waals surface area contributed by atoms with Gasteiger partial charge in [-0.05, 0) is 36.4 Å². The van der Waals surface area contributed by atoms with Gasteiger partial charge in [0.25, 0.3) is 0 Å². The average molecular weight is 504 g/mol. The first-order chi connectivity index (χ1) is 16.0. The Morgan fingerprint density at radius 3 is 2.24 bits per heavy atom. The van der Waals surface area contributed by atoms with Crippen molar-refractivity contribution < 1.29 is 49.8 Å². The smallest absolute Gasteiger partial charge is 0.387 e. The molecule has 14 heteroatoms. The highest BCUT2D eigenvalue weighted by Crippen LogP contribution is 2.28. The minimum Gasteiger partial charge on any atom is -0.454 e. The van der Waals surface area contributed by atoms with Gasteiger partial charge in [-0.2, -0.15) is 22.8 Å². The molecule has 0 aliphatic rings. The van der Waals surface area contributed by atoms with Crippen LogP contribution in [0.15, 0.2) is 47.4 Å². The number of carbonyl (C=O) groups is 2. The molecular weight excluding hydrogens is 488 g/mol. The van der Waals surface area contributed by atoms with Crippen LogP contribution in [0.3, 0.4) is 0 Å². The number of sulfonamides is 1. The molecule has 182 valence electrons. The Hall–Kier alpha value is -3.70. The van der Waals surface area contributed by atoms with E-state index < -0.39 is 58.7 Å². The van der Waals surface area contributed by atoms with Gasteiger partial charge in [0.1, 0.15) is 11.5 Å². The van der Waals surface area contributed by atoms with E-state index in [2.05, 4.69) is 14.2 Å². The lowest BCUT2D eigenvalue weighted by atomic mass is 10.1. The number of rotatable bonds is 12. The first-order valence-electron chi connectivity index (χ1n) is 9.24. The highest BCUT2D eigenvalue weighted by molar-refractivity contribution is 7.89. The van der Waals surface area contributed by atoms with Crippen molar-refractivity contribution in [3.8, 4) is 17.6 Å². The van der Waals surface area contributed by atoms with Crippen molar-refractivity contribution >= 4 is 21.8 Å². The quantitative estimate of drug-likeness (QED) is 0.202. The molecule has 0 radical (unpaired) electrons. The number of nitrogens with zero attached hydrogens (tertiary/aromatic N) is 1. The SMILES string of the molecule is N#CCCNS(=O)(=O)c1ccc(C(=O)OCC(=O)c2ccc(OC(F)F)cc2OC(F)F)cc1. The first-order valence-corrected chi connectivity index (χ1v) is 10.7. The van der Waals surface area contributed by atoms with Crippen molar-refractivity contribution in [1.29, 1.82) is 5.26 Å². The third kappa shape index (κ3) is 7.71. The summed E-state index contributed by atoms with van der Waals surface area (Å²) >= 11 is 0. The molecule has 2 aromatic carbocycles. The number of nitriles is 1. The van der Waals surface area contributed by atoms with Gasteiger partial charge in [0, 0.05) is 19.0 Å². The summed E-state index contributed by atoms with van der Waals surface area (Å²) < 4.78 is 89.2. The van der Waals surface area contributed by atoms with Crippen LogP contribution in [-0.2, 0) is 14.8 Å². The van der Waals surface area contributed by atoms with Crippen molar-refractivity contribution in [2.75, 3.05) is 13.2 Å². The van der Waals surface area contributed by atoms with Gasteiger partial charge < -0.3 is 14.2 Å². The number of benzene rings is 2. The van der Waals surface area contributed by atoms with Crippen molar-refractivity contribution in [3.05, 3.63) is 53.6 Å². The molecule has 0 unspecified atom stereocenters. The fourth-order valence-electron chi connectivity index (χ4n) is 2.49. The number of ether oxygens (including phenoxy) is 3. The number of hydrogen-bond donors (Lipinski definition) is 1. The Balaban J connectivity index is 2.07. The lowest BCUT2D eigenvalue weighted by molar-refractivity contribution is -0.0545. The first kappa shape index (κ1) is 26.6. The van der Waals surface area contributed by atoms with Crippen LogP contribution in [0.1, 0.15) is 27.1 Å². The van der Waals surface area contributed by atoms with E-state index in [4.69, 9.17) is 10.00 Å². The second-order valence-corrected chi connectivity index (χ2v) is 8.01. The summed E-state index contributed by atoms with van der Waals surface area (Å²) in [6, 6.07) is 8.69. The summed E-state index contributed by atoms with van der Waals surface area (Å²) in [4.78, 5) is 24.3. The number of carbonyl (C=O) groups excluding carboxylic acids is 2. The van der Waals surface area contributed by atoms with Gasteiger partial charge in [-0.15, -0.1) is 0 Å². The highest BCUT2D eigenvalue weighted by Gasteiger charge is 2.20. The molecule has 0 spiro atoms. The standard InChI is InChI=1S/C20H16F4N2O7S/c21-19(22)32-13-4-7-15(17(10-13)33-20(23)24)16(27)11-31-18(28)12-2-5-14(6-3-12)34(29,30)26-9-1-8-25/h2-7,10,19-20,26H,1,9,11H2. The van der Waals surface area contributed by atoms with Gasteiger partial charge in [-0.1, -0.05) is 0 Å². The Kier molecular flexibility index (Phi) is 9.34. The van der Waals surface area contributed by atoms with E-state index >= 15 is 0 Å². The fraction of sp³-hybridized carbons (Fsp3) is 0.250. The summed E-state index contributed by atoms with van der Waals surface area (Å²) in [6.45, 7) is -7.63. The van der Waals surface area contributed by atoms with Crippen LogP contribution in [0.2, 0.25) is 0 Å². The second-order valence-electron chi connectivity index (χ2n) is 6.24. The summed E-state index contributed by atoms with van der Waals surface area (Å²) in [7, 11) is -3.90. The summed E-state index contributed by atoms with van der Waals surface area (Å²) in [6.07, 6.45) is -0.0380. The maximum absolute atomic E-state index is 12.6. The van der Waals surface area contributed by atoms with Crippen molar-refractivity contribution in [1.82, 2.24) is 4.72 Å². The number of esters is 1. The molecule has 0 amide bonds. The van der Waals surface area contributed by atoms with Crippen molar-refractivity contribution in [2.24, 2.45) is 0 Å². The summed E-state index contributed by atoms with van der Waals surface area (Å²) in [5.41, 5.74) is -0.590. The predicted molar refractivity (Wildman–Crippen MR) is 106 cm³/mol. The molecule has 34 heavy (non-hydrogen) atoms. The van der Waals surface area contributed by atoms with Crippen molar-refractivity contribution in [3.63, 3.8) is 0 Å². The van der Waals surface area contributed by atoms with E-state index in [9.17, 15) is 35.6 Å². The molecule has 0 atom stereocenters. The van der Waals surface area contributed by atoms with Gasteiger partial charge in [0.2, 0.25) is 15.8 Å². The van der Waals surface area contributed by atoms with E-state index in [1.54, 1.807) is 6.07 Å². The maximum atomic E-state index is 12.6. The van der Waals surface area contributed by atoms with Crippen LogP contribution >= 0.6 is 0 Å². The molecule has 0 aliphatic carbocycles. The fourth-order valence-corrected chi connectivity index (χ4v) is 3.52. The molecule has 0 heterocycles. The number of alkyl halides is 4. The molecule has 1 N–H and O–H groups in total. The minimum absolute atomic E-state index is 0.0380. The van der Waals surface area contributed by atoms with E-state index in [1.807, 2.05) is 0 Å². The summed E-state index contributed by atoms with van der Waals surface area (Å²) in [5.74, 6) is -3.29. The molecular formula is C20H16F4N2O7S. The molecule has 0 aromatic heterocycles. The highest BCUT2D eigenvalue weighted by atomic mass is 32.2. The Morgan fingerprint density at radius 1 is 1.00 bits per heavy atom. The Morgan fingerprint density at radius 2 is 1.65 bits per heavy atom. The Labute approximate surface area is 190 Å². The van der Waals surface area contributed by atoms with Crippen LogP contribution < -0.4 is 14.2 Å². The van der Waals surface area contributed by atoms with E-state index in [0.29, 0.717) is 6.07 Å². The van der Waals surface area contributed by atoms with Crippen LogP contribution in [0.25, 0.3) is 0 Å². The van der Waals surface area contributed by atoms with E-state index in [1.165, 1.54) is 0 Å². The molecule has 0 bridgehead atoms. The summed E-state index contributed by atoms with van der Waals surface area (Å²) in [5, 5.41) is 8.46. The number of nitrogens with one attached hydrogen (secondary N) is 1. The number of halogens is 4. The van der Waals surface area contributed by atoms with Crippen LogP contribution in [-0.4, -0.2) is 46.5 Å². The molecule has 2 rings (SSSR count). The zero-order valence-electron chi connectivity index (χ0n) is 17.0.